The van der Waals surface area contributed by atoms with Crippen molar-refractivity contribution >= 4 is 16.9 Å². The van der Waals surface area contributed by atoms with Crippen LogP contribution in [0.3, 0.4) is 0 Å². The zero-order chi connectivity index (χ0) is 17.4. The van der Waals surface area contributed by atoms with Crippen molar-refractivity contribution in [1.29, 1.82) is 0 Å². The third-order valence-electron chi connectivity index (χ3n) is 4.72. The number of aryl methyl sites for hydroxylation is 1. The minimum Gasteiger partial charge on any atom is -0.466 e. The Bertz CT molecular complexity index is 865. The number of rotatable bonds is 4. The van der Waals surface area contributed by atoms with Gasteiger partial charge in [-0.05, 0) is 31.2 Å². The van der Waals surface area contributed by atoms with Gasteiger partial charge in [-0.3, -0.25) is 9.69 Å². The van der Waals surface area contributed by atoms with Crippen LogP contribution in [0, 0.1) is 6.92 Å². The Kier molecular flexibility index (Phi) is 4.05. The predicted octanol–water partition coefficient (Wildman–Crippen LogP) is 2.57. The van der Waals surface area contributed by atoms with Crippen LogP contribution in [0.5, 0.6) is 0 Å². The van der Waals surface area contributed by atoms with E-state index in [9.17, 15) is 4.79 Å². The first-order chi connectivity index (χ1) is 12.1. The number of nitrogens with zero attached hydrogens (tertiary/aromatic N) is 2. The minimum atomic E-state index is -0.0103. The van der Waals surface area contributed by atoms with Crippen molar-refractivity contribution in [1.82, 2.24) is 20.2 Å². The van der Waals surface area contributed by atoms with Crippen LogP contribution < -0.4 is 5.32 Å². The number of benzene rings is 1. The van der Waals surface area contributed by atoms with Crippen molar-refractivity contribution in [2.24, 2.45) is 0 Å². The largest absolute Gasteiger partial charge is 0.466 e. The quantitative estimate of drug-likeness (QED) is 0.767. The molecule has 1 aliphatic rings. The molecule has 1 amide bonds. The fourth-order valence-electron chi connectivity index (χ4n) is 3.66. The zero-order valence-corrected chi connectivity index (χ0v) is 14.5. The van der Waals surface area contributed by atoms with Crippen molar-refractivity contribution in [2.45, 2.75) is 32.4 Å². The van der Waals surface area contributed by atoms with Crippen LogP contribution in [0.25, 0.3) is 11.0 Å². The van der Waals surface area contributed by atoms with E-state index in [1.54, 1.807) is 6.92 Å². The highest BCUT2D eigenvalue weighted by Gasteiger charge is 2.36. The lowest BCUT2D eigenvalue weighted by molar-refractivity contribution is -0.119. The van der Waals surface area contributed by atoms with Gasteiger partial charge in [0.15, 0.2) is 0 Å². The van der Waals surface area contributed by atoms with Gasteiger partial charge in [0.2, 0.25) is 5.91 Å². The lowest BCUT2D eigenvalue weighted by Gasteiger charge is -2.17. The lowest BCUT2D eigenvalue weighted by Crippen LogP contribution is -2.38. The number of hydrogen-bond donors (Lipinski definition) is 2. The molecule has 1 aliphatic heterocycles. The third-order valence-corrected chi connectivity index (χ3v) is 4.72. The fraction of sp³-hybridized carbons (Fsp3) is 0.368. The molecule has 0 radical (unpaired) electrons. The molecule has 130 valence electrons. The summed E-state index contributed by atoms with van der Waals surface area (Å²) in [5.41, 5.74) is 2.03. The van der Waals surface area contributed by atoms with E-state index >= 15 is 0 Å². The molecule has 4 rings (SSSR count). The molecule has 3 heterocycles. The molecule has 2 N–H and O–H groups in total. The average Bonchev–Trinajstić information content (AvgIpc) is 3.25. The number of amides is 1. The number of fused-ring (bicyclic) bond motifs is 1. The fourth-order valence-corrected chi connectivity index (χ4v) is 3.66. The van der Waals surface area contributed by atoms with Crippen LogP contribution in [0.4, 0.5) is 0 Å². The molecule has 0 bridgehead atoms. The summed E-state index contributed by atoms with van der Waals surface area (Å²) in [4.78, 5) is 21.9. The van der Waals surface area contributed by atoms with Crippen molar-refractivity contribution in [2.75, 3.05) is 13.1 Å². The van der Waals surface area contributed by atoms with Gasteiger partial charge in [0.05, 0.1) is 29.5 Å². The van der Waals surface area contributed by atoms with Crippen LogP contribution in [-0.4, -0.2) is 39.9 Å². The molecule has 3 aromatic rings. The second kappa shape index (κ2) is 6.37. The number of nitrogens with one attached hydrogen (secondary N) is 2. The Hall–Kier alpha value is -2.60. The van der Waals surface area contributed by atoms with E-state index in [0.717, 1.165) is 48.0 Å². The Labute approximate surface area is 146 Å². The Morgan fingerprint density at radius 2 is 2.16 bits per heavy atom. The Morgan fingerprint density at radius 3 is 2.88 bits per heavy atom. The summed E-state index contributed by atoms with van der Waals surface area (Å²) in [6.45, 7) is 5.83. The Balaban J connectivity index is 1.53. The summed E-state index contributed by atoms with van der Waals surface area (Å²) in [6, 6.07) is 12.1. The predicted molar refractivity (Wildman–Crippen MR) is 95.2 cm³/mol. The number of carbonyl (C=O) groups is 1. The zero-order valence-electron chi connectivity index (χ0n) is 14.5. The molecular weight excluding hydrogens is 316 g/mol. The second-order valence-electron chi connectivity index (χ2n) is 6.76. The molecule has 0 spiro atoms. The van der Waals surface area contributed by atoms with Gasteiger partial charge in [-0.1, -0.05) is 12.1 Å². The van der Waals surface area contributed by atoms with Crippen molar-refractivity contribution < 1.29 is 9.21 Å². The summed E-state index contributed by atoms with van der Waals surface area (Å²) in [5, 5.41) is 3.07. The second-order valence-corrected chi connectivity index (χ2v) is 6.76. The van der Waals surface area contributed by atoms with E-state index in [0.29, 0.717) is 0 Å². The first kappa shape index (κ1) is 15.9. The molecule has 2 atom stereocenters. The number of imidazole rings is 1. The van der Waals surface area contributed by atoms with Crippen molar-refractivity contribution in [3.05, 3.63) is 53.7 Å². The van der Waals surface area contributed by atoms with Crippen LogP contribution in [0.1, 0.15) is 30.2 Å². The number of likely N-dealkylation sites (tertiary alicyclic amines) is 1. The van der Waals surface area contributed by atoms with Crippen LogP contribution in [0.2, 0.25) is 0 Å². The van der Waals surface area contributed by atoms with E-state index in [1.807, 2.05) is 43.3 Å². The number of furan rings is 1. The van der Waals surface area contributed by atoms with Crippen LogP contribution >= 0.6 is 0 Å². The maximum absolute atomic E-state index is 11.6. The van der Waals surface area contributed by atoms with Gasteiger partial charge in [-0.15, -0.1) is 0 Å². The number of carbonyl (C=O) groups excluding carboxylic acids is 1. The smallest absolute Gasteiger partial charge is 0.217 e. The van der Waals surface area contributed by atoms with E-state index in [1.165, 1.54) is 0 Å². The standard InChI is InChI=1S/C19H22N4O2/c1-12-7-8-18(25-12)14-9-23(10-17(14)20-13(2)24)11-19-21-15-5-3-4-6-16(15)22-19/h3-8,14,17H,9-11H2,1-2H3,(H,20,24)(H,21,22)/t14-,17-/m1/s1. The molecule has 25 heavy (non-hydrogen) atoms. The van der Waals surface area contributed by atoms with Crippen molar-refractivity contribution in [3.8, 4) is 0 Å². The number of H-pyrrole nitrogens is 1. The number of hydrogen-bond acceptors (Lipinski definition) is 4. The molecule has 1 aromatic carbocycles. The van der Waals surface area contributed by atoms with E-state index in [-0.39, 0.29) is 17.9 Å². The third kappa shape index (κ3) is 3.30. The average molecular weight is 338 g/mol. The van der Waals surface area contributed by atoms with E-state index in [4.69, 9.17) is 4.42 Å². The van der Waals surface area contributed by atoms with Gasteiger partial charge >= 0.3 is 0 Å². The van der Waals surface area contributed by atoms with Gasteiger partial charge in [0.25, 0.3) is 0 Å². The Morgan fingerprint density at radius 1 is 1.32 bits per heavy atom. The van der Waals surface area contributed by atoms with Gasteiger partial charge in [-0.25, -0.2) is 4.98 Å². The highest BCUT2D eigenvalue weighted by atomic mass is 16.3. The number of aromatic nitrogens is 2. The highest BCUT2D eigenvalue weighted by Crippen LogP contribution is 2.30. The SMILES string of the molecule is CC(=O)N[C@@H]1CN(Cc2nc3ccccc3[nH]2)C[C@H]1c1ccc(C)o1. The first-order valence-corrected chi connectivity index (χ1v) is 8.58. The van der Waals surface area contributed by atoms with Gasteiger partial charge in [0, 0.05) is 20.0 Å². The molecule has 6 heteroatoms. The summed E-state index contributed by atoms with van der Waals surface area (Å²) in [7, 11) is 0. The maximum Gasteiger partial charge on any atom is 0.217 e. The van der Waals surface area contributed by atoms with Gasteiger partial charge < -0.3 is 14.7 Å². The van der Waals surface area contributed by atoms with Gasteiger partial charge in [0.1, 0.15) is 17.3 Å². The molecule has 1 fully saturated rings. The molecule has 6 nitrogen and oxygen atoms in total. The summed E-state index contributed by atoms with van der Waals surface area (Å²) in [6.07, 6.45) is 0. The molecule has 0 unspecified atom stereocenters. The number of para-hydroxylation sites is 2. The molecular formula is C19H22N4O2. The monoisotopic (exact) mass is 338 g/mol. The number of aromatic amines is 1. The van der Waals surface area contributed by atoms with Gasteiger partial charge in [-0.2, -0.15) is 0 Å². The van der Waals surface area contributed by atoms with Crippen LogP contribution in [-0.2, 0) is 11.3 Å². The van der Waals surface area contributed by atoms with E-state index in [2.05, 4.69) is 20.2 Å². The molecule has 1 saturated heterocycles. The molecule has 2 aromatic heterocycles. The first-order valence-electron chi connectivity index (χ1n) is 8.58. The van der Waals surface area contributed by atoms with Crippen LogP contribution in [0.15, 0.2) is 40.8 Å². The molecule has 0 saturated carbocycles. The highest BCUT2D eigenvalue weighted by molar-refractivity contribution is 5.74. The summed E-state index contributed by atoms with van der Waals surface area (Å²) < 4.78 is 5.82. The topological polar surface area (TPSA) is 74.2 Å². The van der Waals surface area contributed by atoms with Crippen molar-refractivity contribution in [3.63, 3.8) is 0 Å². The molecule has 0 aliphatic carbocycles. The lowest BCUT2D eigenvalue weighted by atomic mass is 10.0. The summed E-state index contributed by atoms with van der Waals surface area (Å²) in [5.74, 6) is 2.92. The minimum absolute atomic E-state index is 0.0103. The van der Waals surface area contributed by atoms with E-state index < -0.39 is 0 Å². The maximum atomic E-state index is 11.6. The summed E-state index contributed by atoms with van der Waals surface area (Å²) >= 11 is 0. The normalized spacial score (nSPS) is 21.0.